The van der Waals surface area contributed by atoms with Gasteiger partial charge in [-0.25, -0.2) is 4.98 Å². The summed E-state index contributed by atoms with van der Waals surface area (Å²) in [4.78, 5) is 4.38. The second-order valence-electron chi connectivity index (χ2n) is 3.18. The number of fused-ring (bicyclic) bond motifs is 1. The van der Waals surface area contributed by atoms with Gasteiger partial charge in [-0.15, -0.1) is 11.3 Å². The molecular formula is C11H7BrN2S. The normalized spacial score (nSPS) is 11.0. The third-order valence-corrected chi connectivity index (χ3v) is 3.87. The molecule has 0 saturated carbocycles. The monoisotopic (exact) mass is 278 g/mol. The van der Waals surface area contributed by atoms with Gasteiger partial charge >= 0.3 is 0 Å². The molecule has 15 heavy (non-hydrogen) atoms. The van der Waals surface area contributed by atoms with Crippen molar-refractivity contribution in [1.29, 1.82) is 0 Å². The van der Waals surface area contributed by atoms with E-state index in [1.807, 2.05) is 12.3 Å². The molecule has 0 N–H and O–H groups in total. The van der Waals surface area contributed by atoms with Gasteiger partial charge in [-0.2, -0.15) is 0 Å². The molecule has 74 valence electrons. The second-order valence-corrected chi connectivity index (χ2v) is 5.62. The van der Waals surface area contributed by atoms with E-state index in [9.17, 15) is 0 Å². The maximum absolute atomic E-state index is 4.38. The largest absolute Gasteiger partial charge is 0.292 e. The smallest absolute Gasteiger partial charge is 0.145 e. The summed E-state index contributed by atoms with van der Waals surface area (Å²) in [6.07, 6.45) is 3.87. The van der Waals surface area contributed by atoms with Crippen molar-refractivity contribution in [3.8, 4) is 5.00 Å². The van der Waals surface area contributed by atoms with Crippen LogP contribution in [0.1, 0.15) is 0 Å². The lowest BCUT2D eigenvalue weighted by atomic mass is 10.3. The van der Waals surface area contributed by atoms with Gasteiger partial charge in [-0.1, -0.05) is 0 Å². The van der Waals surface area contributed by atoms with Crippen LogP contribution in [-0.2, 0) is 0 Å². The van der Waals surface area contributed by atoms with Crippen LogP contribution >= 0.6 is 27.3 Å². The molecule has 0 aliphatic carbocycles. The number of halogens is 1. The van der Waals surface area contributed by atoms with Gasteiger partial charge in [-0.05, 0) is 46.3 Å². The Hall–Kier alpha value is -1.13. The summed E-state index contributed by atoms with van der Waals surface area (Å²) in [6, 6.07) is 10.2. The molecule has 2 nitrogen and oxygen atoms in total. The van der Waals surface area contributed by atoms with Crippen molar-refractivity contribution in [3.05, 3.63) is 46.5 Å². The van der Waals surface area contributed by atoms with E-state index in [0.717, 1.165) is 9.43 Å². The maximum atomic E-state index is 4.38. The molecule has 0 saturated heterocycles. The highest BCUT2D eigenvalue weighted by Gasteiger charge is 2.05. The minimum absolute atomic E-state index is 1.01. The zero-order valence-corrected chi connectivity index (χ0v) is 10.1. The lowest BCUT2D eigenvalue weighted by Gasteiger charge is -1.99. The van der Waals surface area contributed by atoms with E-state index in [4.69, 9.17) is 0 Å². The topological polar surface area (TPSA) is 17.8 Å². The van der Waals surface area contributed by atoms with Gasteiger partial charge in [0.1, 0.15) is 10.6 Å². The quantitative estimate of drug-likeness (QED) is 0.661. The van der Waals surface area contributed by atoms with E-state index in [1.54, 1.807) is 11.3 Å². The average Bonchev–Trinajstić information content (AvgIpc) is 2.83. The molecule has 4 heteroatoms. The van der Waals surface area contributed by atoms with Gasteiger partial charge in [0.05, 0.1) is 3.79 Å². The zero-order chi connectivity index (χ0) is 10.3. The second kappa shape index (κ2) is 3.47. The third-order valence-electron chi connectivity index (χ3n) is 2.24. The Bertz CT molecular complexity index is 612. The number of thiophene rings is 1. The number of rotatable bonds is 1. The predicted octanol–water partition coefficient (Wildman–Crippen LogP) is 3.85. The molecule has 0 bridgehead atoms. The van der Waals surface area contributed by atoms with Crippen LogP contribution < -0.4 is 0 Å². The summed E-state index contributed by atoms with van der Waals surface area (Å²) in [6.45, 7) is 0. The van der Waals surface area contributed by atoms with Gasteiger partial charge in [0.25, 0.3) is 0 Å². The summed E-state index contributed by atoms with van der Waals surface area (Å²) in [5, 5.41) is 2.34. The van der Waals surface area contributed by atoms with Crippen molar-refractivity contribution in [2.45, 2.75) is 0 Å². The Kier molecular flexibility index (Phi) is 2.11. The lowest BCUT2D eigenvalue weighted by Crippen LogP contribution is -1.89. The Labute approximate surface area is 99.3 Å². The van der Waals surface area contributed by atoms with Gasteiger partial charge < -0.3 is 0 Å². The number of aromatic nitrogens is 2. The van der Waals surface area contributed by atoms with Crippen LogP contribution in [0.25, 0.3) is 16.0 Å². The lowest BCUT2D eigenvalue weighted by molar-refractivity contribution is 1.12. The van der Waals surface area contributed by atoms with Crippen molar-refractivity contribution in [1.82, 2.24) is 9.55 Å². The summed E-state index contributed by atoms with van der Waals surface area (Å²) < 4.78 is 3.24. The molecule has 0 fully saturated rings. The van der Waals surface area contributed by atoms with Crippen molar-refractivity contribution in [2.75, 3.05) is 0 Å². The van der Waals surface area contributed by atoms with Gasteiger partial charge in [-0.3, -0.25) is 4.57 Å². The average molecular weight is 279 g/mol. The van der Waals surface area contributed by atoms with E-state index < -0.39 is 0 Å². The van der Waals surface area contributed by atoms with Crippen LogP contribution in [-0.4, -0.2) is 9.55 Å². The first-order chi connectivity index (χ1) is 7.34. The van der Waals surface area contributed by atoms with E-state index in [2.05, 4.69) is 55.9 Å². The van der Waals surface area contributed by atoms with Crippen molar-refractivity contribution < 1.29 is 0 Å². The van der Waals surface area contributed by atoms with Gasteiger partial charge in [0, 0.05) is 17.8 Å². The summed E-state index contributed by atoms with van der Waals surface area (Å²) in [5.41, 5.74) is 1.01. The van der Waals surface area contributed by atoms with Crippen LogP contribution in [0.15, 0.2) is 46.5 Å². The molecule has 0 aliphatic heterocycles. The van der Waals surface area contributed by atoms with E-state index in [1.165, 1.54) is 10.4 Å². The predicted molar refractivity (Wildman–Crippen MR) is 66.6 cm³/mol. The Morgan fingerprint density at radius 2 is 2.13 bits per heavy atom. The fourth-order valence-electron chi connectivity index (χ4n) is 1.58. The van der Waals surface area contributed by atoms with Crippen LogP contribution in [0.2, 0.25) is 0 Å². The first kappa shape index (κ1) is 9.12. The Morgan fingerprint density at radius 1 is 1.20 bits per heavy atom. The standard InChI is InChI=1S/C11H7BrN2S/c12-9-3-4-10(15-9)14-7-5-8-2-1-6-13-11(8)14/h1-7H. The third kappa shape index (κ3) is 1.50. The fourth-order valence-corrected chi connectivity index (χ4v) is 2.93. The summed E-state index contributed by atoms with van der Waals surface area (Å²) in [5.74, 6) is 0. The van der Waals surface area contributed by atoms with Crippen LogP contribution in [0.5, 0.6) is 0 Å². The molecule has 0 aliphatic rings. The zero-order valence-electron chi connectivity index (χ0n) is 7.72. The van der Waals surface area contributed by atoms with Gasteiger partial charge in [0.15, 0.2) is 0 Å². The molecule has 3 aromatic rings. The number of hydrogen-bond donors (Lipinski definition) is 0. The number of hydrogen-bond acceptors (Lipinski definition) is 2. The summed E-state index contributed by atoms with van der Waals surface area (Å²) >= 11 is 5.17. The highest BCUT2D eigenvalue weighted by molar-refractivity contribution is 9.11. The molecule has 0 spiro atoms. The van der Waals surface area contributed by atoms with Crippen LogP contribution in [0, 0.1) is 0 Å². The SMILES string of the molecule is Brc1ccc(-n2ccc3cccnc32)s1. The van der Waals surface area contributed by atoms with Crippen LogP contribution in [0.3, 0.4) is 0 Å². The highest BCUT2D eigenvalue weighted by Crippen LogP contribution is 2.27. The van der Waals surface area contributed by atoms with Crippen molar-refractivity contribution in [2.24, 2.45) is 0 Å². The fraction of sp³-hybridized carbons (Fsp3) is 0. The minimum Gasteiger partial charge on any atom is -0.292 e. The molecule has 3 rings (SSSR count). The number of pyridine rings is 1. The molecular weight excluding hydrogens is 272 g/mol. The Balaban J connectivity index is 2.27. The first-order valence-corrected chi connectivity index (χ1v) is 6.13. The Morgan fingerprint density at radius 3 is 2.93 bits per heavy atom. The van der Waals surface area contributed by atoms with E-state index >= 15 is 0 Å². The van der Waals surface area contributed by atoms with E-state index in [-0.39, 0.29) is 0 Å². The van der Waals surface area contributed by atoms with Crippen LogP contribution in [0.4, 0.5) is 0 Å². The maximum Gasteiger partial charge on any atom is 0.145 e. The molecule has 0 atom stereocenters. The molecule has 0 unspecified atom stereocenters. The summed E-state index contributed by atoms with van der Waals surface area (Å²) in [7, 11) is 0. The van der Waals surface area contributed by atoms with Crippen molar-refractivity contribution in [3.63, 3.8) is 0 Å². The first-order valence-electron chi connectivity index (χ1n) is 4.52. The van der Waals surface area contributed by atoms with Gasteiger partial charge in [0.2, 0.25) is 0 Å². The van der Waals surface area contributed by atoms with E-state index in [0.29, 0.717) is 0 Å². The highest BCUT2D eigenvalue weighted by atomic mass is 79.9. The van der Waals surface area contributed by atoms with Crippen molar-refractivity contribution >= 4 is 38.3 Å². The number of nitrogens with zero attached hydrogens (tertiary/aromatic N) is 2. The molecule has 3 heterocycles. The molecule has 0 amide bonds. The molecule has 0 aromatic carbocycles. The minimum atomic E-state index is 1.01. The molecule has 0 radical (unpaired) electrons. The molecule has 3 aromatic heterocycles.